The monoisotopic (exact) mass is 587 g/mol. The predicted molar refractivity (Wildman–Crippen MR) is 156 cm³/mol. The highest BCUT2D eigenvalue weighted by Gasteiger charge is 2.22. The Hall–Kier alpha value is -2.99. The minimum absolute atomic E-state index is 0.0294. The fourth-order valence-electron chi connectivity index (χ4n) is 4.47. The van der Waals surface area contributed by atoms with Crippen LogP contribution in [0.2, 0.25) is 5.02 Å². The van der Waals surface area contributed by atoms with Gasteiger partial charge in [0.15, 0.2) is 0 Å². The van der Waals surface area contributed by atoms with E-state index >= 15 is 0 Å². The number of pyridine rings is 1. The van der Waals surface area contributed by atoms with Crippen LogP contribution >= 0.6 is 22.9 Å². The zero-order valence-electron chi connectivity index (χ0n) is 22.8. The van der Waals surface area contributed by atoms with E-state index in [0.717, 1.165) is 21.5 Å². The first-order chi connectivity index (χ1) is 19.3. The molecule has 0 radical (unpaired) electrons. The van der Waals surface area contributed by atoms with Crippen LogP contribution in [0.25, 0.3) is 10.2 Å². The van der Waals surface area contributed by atoms with Gasteiger partial charge in [-0.3, -0.25) is 14.5 Å². The second-order valence-corrected chi connectivity index (χ2v) is 11.2. The van der Waals surface area contributed by atoms with Gasteiger partial charge in [-0.05, 0) is 36.9 Å². The van der Waals surface area contributed by atoms with E-state index in [-0.39, 0.29) is 17.8 Å². The number of aromatic nitrogens is 1. The summed E-state index contributed by atoms with van der Waals surface area (Å²) in [5.74, 6) is 0.261. The molecule has 1 atom stereocenters. The van der Waals surface area contributed by atoms with Gasteiger partial charge in [0, 0.05) is 61.0 Å². The van der Waals surface area contributed by atoms with Crippen LogP contribution in [-0.4, -0.2) is 54.4 Å². The van der Waals surface area contributed by atoms with Gasteiger partial charge in [-0.2, -0.15) is 0 Å². The number of aliphatic hydroxyl groups is 1. The van der Waals surface area contributed by atoms with Gasteiger partial charge in [0.05, 0.1) is 42.7 Å². The first-order valence-corrected chi connectivity index (χ1v) is 14.1. The summed E-state index contributed by atoms with van der Waals surface area (Å²) >= 11 is 7.33. The standard InChI is InChI=1S/C29H34ClN3O6S/c1-32(16-23(34)24-5-4-10-39-24)17-25-22(18-38-12-11-37-3)27-29(40-25)28(36)20(15-33(27)2)13-26(35)31-14-19-6-8-21(30)9-7-19/h4-10,15,23,34H,11-14,16-18H2,1-3H3,(H,31,35)/t23-/m1/s1. The van der Waals surface area contributed by atoms with E-state index in [1.54, 1.807) is 37.6 Å². The van der Waals surface area contributed by atoms with Crippen molar-refractivity contribution < 1.29 is 23.8 Å². The predicted octanol–water partition coefficient (Wildman–Crippen LogP) is 4.03. The summed E-state index contributed by atoms with van der Waals surface area (Å²) in [6.07, 6.45) is 2.45. The molecular formula is C29H34ClN3O6S. The maximum Gasteiger partial charge on any atom is 0.224 e. The lowest BCUT2D eigenvalue weighted by Crippen LogP contribution is -2.27. The Kier molecular flexibility index (Phi) is 10.5. The Morgan fingerprint density at radius 2 is 2.02 bits per heavy atom. The van der Waals surface area contributed by atoms with Gasteiger partial charge in [-0.25, -0.2) is 0 Å². The Balaban J connectivity index is 1.55. The number of methoxy groups -OCH3 is 1. The van der Waals surface area contributed by atoms with Crippen molar-refractivity contribution in [1.29, 1.82) is 0 Å². The van der Waals surface area contributed by atoms with Gasteiger partial charge in [0.1, 0.15) is 11.9 Å². The van der Waals surface area contributed by atoms with E-state index in [1.165, 1.54) is 17.6 Å². The molecule has 4 aromatic rings. The smallest absolute Gasteiger partial charge is 0.224 e. The molecule has 0 saturated heterocycles. The number of nitrogens with one attached hydrogen (secondary N) is 1. The Labute approximate surface area is 241 Å². The molecule has 0 aliphatic carbocycles. The molecule has 0 fully saturated rings. The lowest BCUT2D eigenvalue weighted by Gasteiger charge is -2.19. The Morgan fingerprint density at radius 1 is 1.25 bits per heavy atom. The van der Waals surface area contributed by atoms with Crippen molar-refractivity contribution in [2.75, 3.05) is 33.9 Å². The number of amides is 1. The lowest BCUT2D eigenvalue weighted by molar-refractivity contribution is -0.120. The number of carbonyl (C=O) groups is 1. The second kappa shape index (κ2) is 14.1. The first-order valence-electron chi connectivity index (χ1n) is 12.9. The molecule has 0 spiro atoms. The van der Waals surface area contributed by atoms with Crippen molar-refractivity contribution in [3.05, 3.63) is 91.4 Å². The van der Waals surface area contributed by atoms with E-state index in [4.69, 9.17) is 25.5 Å². The van der Waals surface area contributed by atoms with Gasteiger partial charge < -0.3 is 28.9 Å². The number of aryl methyl sites for hydroxylation is 1. The number of rotatable bonds is 14. The van der Waals surface area contributed by atoms with E-state index in [2.05, 4.69) is 5.32 Å². The third-order valence-electron chi connectivity index (χ3n) is 6.46. The van der Waals surface area contributed by atoms with Crippen LogP contribution < -0.4 is 10.7 Å². The molecule has 0 saturated carbocycles. The number of likely N-dealkylation sites (N-methyl/N-ethyl adjacent to an activating group) is 1. The van der Waals surface area contributed by atoms with Crippen LogP contribution in [0.15, 0.2) is 58.1 Å². The van der Waals surface area contributed by atoms with Crippen LogP contribution in [0.1, 0.15) is 33.4 Å². The zero-order valence-corrected chi connectivity index (χ0v) is 24.4. The Bertz CT molecular complexity index is 1470. The molecule has 0 aliphatic rings. The summed E-state index contributed by atoms with van der Waals surface area (Å²) in [5, 5.41) is 14.0. The van der Waals surface area contributed by atoms with Crippen LogP contribution in [-0.2, 0) is 47.4 Å². The van der Waals surface area contributed by atoms with Gasteiger partial charge in [0.2, 0.25) is 11.3 Å². The number of fused-ring (bicyclic) bond motifs is 1. The highest BCUT2D eigenvalue weighted by molar-refractivity contribution is 7.19. The van der Waals surface area contributed by atoms with Crippen LogP contribution in [0, 0.1) is 0 Å². The molecule has 214 valence electrons. The van der Waals surface area contributed by atoms with Crippen LogP contribution in [0.3, 0.4) is 0 Å². The Morgan fingerprint density at radius 3 is 2.73 bits per heavy atom. The highest BCUT2D eigenvalue weighted by Crippen LogP contribution is 2.31. The van der Waals surface area contributed by atoms with Crippen molar-refractivity contribution >= 4 is 39.1 Å². The summed E-state index contributed by atoms with van der Waals surface area (Å²) < 4.78 is 18.8. The van der Waals surface area contributed by atoms with Crippen molar-refractivity contribution in [3.63, 3.8) is 0 Å². The lowest BCUT2D eigenvalue weighted by atomic mass is 10.1. The number of carbonyl (C=O) groups excluding carboxylic acids is 1. The molecule has 1 amide bonds. The normalized spacial score (nSPS) is 12.3. The topological polar surface area (TPSA) is 106 Å². The summed E-state index contributed by atoms with van der Waals surface area (Å²) in [5.41, 5.74) is 2.87. The second-order valence-electron chi connectivity index (χ2n) is 9.63. The number of halogens is 1. The molecule has 4 rings (SSSR count). The third-order valence-corrected chi connectivity index (χ3v) is 7.92. The maximum absolute atomic E-state index is 13.6. The molecule has 1 aromatic carbocycles. The largest absolute Gasteiger partial charge is 0.467 e. The van der Waals surface area contributed by atoms with Crippen molar-refractivity contribution in [2.45, 2.75) is 32.2 Å². The van der Waals surface area contributed by atoms with Gasteiger partial charge >= 0.3 is 0 Å². The number of ether oxygens (including phenoxy) is 2. The molecule has 0 aliphatic heterocycles. The molecule has 2 N–H and O–H groups in total. The van der Waals surface area contributed by atoms with E-state index < -0.39 is 6.10 Å². The van der Waals surface area contributed by atoms with Gasteiger partial charge in [-0.1, -0.05) is 23.7 Å². The average molecular weight is 588 g/mol. The number of hydrogen-bond acceptors (Lipinski definition) is 8. The van der Waals surface area contributed by atoms with Crippen molar-refractivity contribution in [1.82, 2.24) is 14.8 Å². The minimum Gasteiger partial charge on any atom is -0.467 e. The minimum atomic E-state index is -0.778. The number of thiophene rings is 1. The average Bonchev–Trinajstić information content (AvgIpc) is 3.58. The van der Waals surface area contributed by atoms with Crippen LogP contribution in [0.5, 0.6) is 0 Å². The van der Waals surface area contributed by atoms with Crippen molar-refractivity contribution in [2.24, 2.45) is 7.05 Å². The molecule has 0 bridgehead atoms. The maximum atomic E-state index is 13.6. The van der Waals surface area contributed by atoms with E-state index in [9.17, 15) is 14.7 Å². The van der Waals surface area contributed by atoms with Crippen molar-refractivity contribution in [3.8, 4) is 0 Å². The first kappa shape index (κ1) is 30.0. The number of aliphatic hydroxyl groups excluding tert-OH is 1. The molecule has 11 heteroatoms. The molecule has 0 unspecified atom stereocenters. The summed E-state index contributed by atoms with van der Waals surface area (Å²) in [6, 6.07) is 10.7. The number of furan rings is 1. The summed E-state index contributed by atoms with van der Waals surface area (Å²) in [4.78, 5) is 29.2. The fourth-order valence-corrected chi connectivity index (χ4v) is 5.99. The summed E-state index contributed by atoms with van der Waals surface area (Å²) in [7, 11) is 5.39. The molecule has 40 heavy (non-hydrogen) atoms. The molecular weight excluding hydrogens is 554 g/mol. The SMILES string of the molecule is COCCOCc1c(CN(C)C[C@@H](O)c2ccco2)sc2c(=O)c(CC(=O)NCc3ccc(Cl)cc3)cn(C)c12. The fraction of sp³-hybridized carbons (Fsp3) is 0.379. The number of nitrogens with zero attached hydrogens (tertiary/aromatic N) is 2. The number of hydrogen-bond donors (Lipinski definition) is 2. The summed E-state index contributed by atoms with van der Waals surface area (Å²) in [6.45, 7) is 2.38. The quantitative estimate of drug-likeness (QED) is 0.215. The van der Waals surface area contributed by atoms with E-state index in [0.29, 0.717) is 60.5 Å². The van der Waals surface area contributed by atoms with Gasteiger partial charge in [0.25, 0.3) is 0 Å². The van der Waals surface area contributed by atoms with E-state index in [1.807, 2.05) is 35.7 Å². The zero-order chi connectivity index (χ0) is 28.6. The molecule has 3 heterocycles. The molecule has 3 aromatic heterocycles. The van der Waals surface area contributed by atoms with Crippen LogP contribution in [0.4, 0.5) is 0 Å². The molecule has 9 nitrogen and oxygen atoms in total. The highest BCUT2D eigenvalue weighted by atomic mass is 35.5. The third kappa shape index (κ3) is 7.60. The van der Waals surface area contributed by atoms with Gasteiger partial charge in [-0.15, -0.1) is 11.3 Å². The number of benzene rings is 1.